The van der Waals surface area contributed by atoms with Crippen LogP contribution in [0.4, 0.5) is 17.4 Å². The second-order valence-corrected chi connectivity index (χ2v) is 9.67. The molecule has 196 valence electrons. The van der Waals surface area contributed by atoms with Gasteiger partial charge in [-0.25, -0.2) is 0 Å². The number of carbonyl (C=O) groups excluding carboxylic acids is 1. The van der Waals surface area contributed by atoms with Crippen LogP contribution in [0.1, 0.15) is 15.9 Å². The molecule has 0 spiro atoms. The number of benzene rings is 3. The highest BCUT2D eigenvalue weighted by molar-refractivity contribution is 5.97. The van der Waals surface area contributed by atoms with Gasteiger partial charge in [0.15, 0.2) is 5.58 Å². The van der Waals surface area contributed by atoms with E-state index in [1.54, 1.807) is 6.07 Å². The van der Waals surface area contributed by atoms with E-state index in [1.807, 2.05) is 60.4 Å². The molecule has 2 aliphatic rings. The minimum Gasteiger partial charge on any atom is -0.506 e. The van der Waals surface area contributed by atoms with Crippen molar-refractivity contribution in [3.63, 3.8) is 0 Å². The van der Waals surface area contributed by atoms with Gasteiger partial charge in [-0.3, -0.25) is 4.79 Å². The van der Waals surface area contributed by atoms with Gasteiger partial charge in [0.1, 0.15) is 11.3 Å². The highest BCUT2D eigenvalue weighted by atomic mass is 16.5. The van der Waals surface area contributed by atoms with Crippen LogP contribution in [0.3, 0.4) is 0 Å². The van der Waals surface area contributed by atoms with Gasteiger partial charge in [0.25, 0.3) is 11.9 Å². The summed E-state index contributed by atoms with van der Waals surface area (Å²) in [6, 6.07) is 17.5. The van der Waals surface area contributed by atoms with Gasteiger partial charge in [-0.1, -0.05) is 24.3 Å². The maximum absolute atomic E-state index is 13.0. The average molecular weight is 514 g/mol. The van der Waals surface area contributed by atoms with Crippen LogP contribution < -0.4 is 15.5 Å². The van der Waals surface area contributed by atoms with Gasteiger partial charge in [0.05, 0.1) is 18.9 Å². The standard InChI is InChI=1S/C29H31N5O4/c1-19-17-20(5-7-22(19)28(36)34-13-15-37-16-14-34)23-3-2-4-24-27(23)38-29(32-24)31-21-6-8-26(35)25(18-21)33-11-9-30-10-12-33/h2-8,17-18,30,35H,9-16H2,1H3,(H,31,32). The van der Waals surface area contributed by atoms with E-state index < -0.39 is 0 Å². The Labute approximate surface area is 221 Å². The van der Waals surface area contributed by atoms with E-state index in [0.717, 1.165) is 59.8 Å². The number of aromatic hydroxyl groups is 1. The lowest BCUT2D eigenvalue weighted by Crippen LogP contribution is -2.43. The molecule has 3 aromatic carbocycles. The first-order valence-electron chi connectivity index (χ1n) is 13.0. The van der Waals surface area contributed by atoms with Crippen molar-refractivity contribution in [2.45, 2.75) is 6.92 Å². The molecule has 0 saturated carbocycles. The highest BCUT2D eigenvalue weighted by Crippen LogP contribution is 2.35. The number of nitrogens with one attached hydrogen (secondary N) is 2. The monoisotopic (exact) mass is 513 g/mol. The van der Waals surface area contributed by atoms with Crippen LogP contribution in [-0.4, -0.2) is 73.4 Å². The van der Waals surface area contributed by atoms with Crippen molar-refractivity contribution < 1.29 is 19.1 Å². The highest BCUT2D eigenvalue weighted by Gasteiger charge is 2.21. The molecule has 0 radical (unpaired) electrons. The number of morpholine rings is 1. The van der Waals surface area contributed by atoms with Gasteiger partial charge >= 0.3 is 0 Å². The molecule has 9 nitrogen and oxygen atoms in total. The zero-order chi connectivity index (χ0) is 26.1. The third kappa shape index (κ3) is 4.78. The van der Waals surface area contributed by atoms with Crippen molar-refractivity contribution >= 4 is 34.4 Å². The van der Waals surface area contributed by atoms with Gasteiger partial charge < -0.3 is 34.7 Å². The maximum atomic E-state index is 13.0. The number of nitrogens with zero attached hydrogens (tertiary/aromatic N) is 3. The summed E-state index contributed by atoms with van der Waals surface area (Å²) in [5.74, 6) is 0.291. The lowest BCUT2D eigenvalue weighted by Gasteiger charge is -2.30. The van der Waals surface area contributed by atoms with Gasteiger partial charge in [-0.15, -0.1) is 0 Å². The first-order chi connectivity index (χ1) is 18.6. The number of aryl methyl sites for hydroxylation is 1. The molecule has 2 fully saturated rings. The number of amides is 1. The predicted molar refractivity (Wildman–Crippen MR) is 147 cm³/mol. The zero-order valence-corrected chi connectivity index (χ0v) is 21.4. The molecule has 1 amide bonds. The van der Waals surface area contributed by atoms with Gasteiger partial charge in [-0.2, -0.15) is 4.98 Å². The van der Waals surface area contributed by atoms with Crippen LogP contribution in [-0.2, 0) is 4.74 Å². The van der Waals surface area contributed by atoms with Crippen LogP contribution in [0.2, 0.25) is 0 Å². The molecule has 2 saturated heterocycles. The van der Waals surface area contributed by atoms with E-state index >= 15 is 0 Å². The average Bonchev–Trinajstić information content (AvgIpc) is 3.37. The number of hydrogen-bond donors (Lipinski definition) is 3. The number of oxazole rings is 1. The number of phenolic OH excluding ortho intramolecular Hbond substituents is 1. The molecule has 6 rings (SSSR count). The van der Waals surface area contributed by atoms with Gasteiger partial charge in [0.2, 0.25) is 0 Å². The topological polar surface area (TPSA) is 103 Å². The molecule has 2 aliphatic heterocycles. The van der Waals surface area contributed by atoms with E-state index in [-0.39, 0.29) is 11.7 Å². The second-order valence-electron chi connectivity index (χ2n) is 9.67. The zero-order valence-electron chi connectivity index (χ0n) is 21.4. The Morgan fingerprint density at radius 1 is 1.03 bits per heavy atom. The fraction of sp³-hybridized carbons (Fsp3) is 0.310. The maximum Gasteiger partial charge on any atom is 0.300 e. The minimum atomic E-state index is 0.0378. The molecule has 3 heterocycles. The quantitative estimate of drug-likeness (QED) is 0.342. The molecule has 9 heteroatoms. The molecule has 0 aliphatic carbocycles. The van der Waals surface area contributed by atoms with Crippen LogP contribution in [0, 0.1) is 6.92 Å². The number of hydrogen-bond acceptors (Lipinski definition) is 8. The molecule has 0 atom stereocenters. The minimum absolute atomic E-state index is 0.0378. The Hall–Kier alpha value is -4.08. The van der Waals surface area contributed by atoms with E-state index in [9.17, 15) is 9.90 Å². The predicted octanol–water partition coefficient (Wildman–Crippen LogP) is 4.13. The van der Waals surface area contributed by atoms with Crippen molar-refractivity contribution in [2.24, 2.45) is 0 Å². The van der Waals surface area contributed by atoms with Crippen LogP contribution >= 0.6 is 0 Å². The van der Waals surface area contributed by atoms with Crippen molar-refractivity contribution in [1.82, 2.24) is 15.2 Å². The third-order valence-electron chi connectivity index (χ3n) is 7.17. The van der Waals surface area contributed by atoms with Crippen LogP contribution in [0.5, 0.6) is 5.75 Å². The third-order valence-corrected chi connectivity index (χ3v) is 7.17. The summed E-state index contributed by atoms with van der Waals surface area (Å²) < 4.78 is 11.6. The number of fused-ring (bicyclic) bond motifs is 1. The Morgan fingerprint density at radius 2 is 1.84 bits per heavy atom. The largest absolute Gasteiger partial charge is 0.506 e. The van der Waals surface area contributed by atoms with E-state index in [2.05, 4.69) is 20.5 Å². The lowest BCUT2D eigenvalue weighted by molar-refractivity contribution is 0.0302. The molecular weight excluding hydrogens is 482 g/mol. The Kier molecular flexibility index (Phi) is 6.61. The molecule has 4 aromatic rings. The summed E-state index contributed by atoms with van der Waals surface area (Å²) in [4.78, 5) is 21.7. The first kappa shape index (κ1) is 24.3. The number of rotatable bonds is 5. The van der Waals surface area contributed by atoms with Crippen LogP contribution in [0.25, 0.3) is 22.2 Å². The number of phenols is 1. The lowest BCUT2D eigenvalue weighted by atomic mass is 9.98. The van der Waals surface area contributed by atoms with Gasteiger partial charge in [0, 0.05) is 56.1 Å². The smallest absolute Gasteiger partial charge is 0.300 e. The van der Waals surface area contributed by atoms with E-state index in [0.29, 0.717) is 43.5 Å². The number of piperazine rings is 1. The summed E-state index contributed by atoms with van der Waals surface area (Å²) in [5, 5.41) is 17.0. The van der Waals surface area contributed by atoms with Crippen molar-refractivity contribution in [2.75, 3.05) is 62.7 Å². The van der Waals surface area contributed by atoms with Crippen LogP contribution in [0.15, 0.2) is 59.0 Å². The second kappa shape index (κ2) is 10.4. The molecule has 38 heavy (non-hydrogen) atoms. The number of anilines is 3. The van der Waals surface area contributed by atoms with Crippen molar-refractivity contribution in [1.29, 1.82) is 0 Å². The van der Waals surface area contributed by atoms with E-state index in [4.69, 9.17) is 9.15 Å². The molecule has 0 unspecified atom stereocenters. The Balaban J connectivity index is 1.26. The summed E-state index contributed by atoms with van der Waals surface area (Å²) >= 11 is 0. The number of carbonyl (C=O) groups is 1. The summed E-state index contributed by atoms with van der Waals surface area (Å²) in [6.07, 6.45) is 0. The van der Waals surface area contributed by atoms with E-state index in [1.165, 1.54) is 0 Å². The Morgan fingerprint density at radius 3 is 2.63 bits per heavy atom. The fourth-order valence-electron chi connectivity index (χ4n) is 5.12. The summed E-state index contributed by atoms with van der Waals surface area (Å²) in [6.45, 7) is 7.78. The first-order valence-corrected chi connectivity index (χ1v) is 13.0. The number of aromatic nitrogens is 1. The molecule has 3 N–H and O–H groups in total. The number of ether oxygens (including phenoxy) is 1. The Bertz CT molecular complexity index is 1470. The summed E-state index contributed by atoms with van der Waals surface area (Å²) in [5.41, 5.74) is 6.46. The van der Waals surface area contributed by atoms with Crippen molar-refractivity contribution in [3.8, 4) is 16.9 Å². The molecular formula is C29H31N5O4. The molecule has 0 bridgehead atoms. The SMILES string of the molecule is Cc1cc(-c2cccc3nc(Nc4ccc(O)c(N5CCNCC5)c4)oc23)ccc1C(=O)N1CCOCC1. The summed E-state index contributed by atoms with van der Waals surface area (Å²) in [7, 11) is 0. The normalized spacial score (nSPS) is 16.1. The molecule has 1 aromatic heterocycles. The van der Waals surface area contributed by atoms with Gasteiger partial charge in [-0.05, 0) is 48.4 Å². The van der Waals surface area contributed by atoms with Crippen molar-refractivity contribution in [3.05, 3.63) is 65.7 Å². The fourth-order valence-corrected chi connectivity index (χ4v) is 5.12. The number of para-hydroxylation sites is 1.